The van der Waals surface area contributed by atoms with Gasteiger partial charge >= 0.3 is 12.2 Å². The number of nitrogens with one attached hydrogen (secondary N) is 2. The van der Waals surface area contributed by atoms with Crippen LogP contribution in [0, 0.1) is 6.92 Å². The number of amides is 2. The Bertz CT molecular complexity index is 1660. The van der Waals surface area contributed by atoms with E-state index in [1.807, 2.05) is 25.5 Å². The van der Waals surface area contributed by atoms with Gasteiger partial charge in [0.1, 0.15) is 0 Å². The number of rotatable bonds is 10. The highest BCUT2D eigenvalue weighted by atomic mass is 35.7. The average Bonchev–Trinajstić information content (AvgIpc) is 3.57. The predicted molar refractivity (Wildman–Crippen MR) is 177 cm³/mol. The molecule has 2 heterocycles. The summed E-state index contributed by atoms with van der Waals surface area (Å²) in [6.45, 7) is 3.92. The molecule has 0 saturated carbocycles. The Balaban J connectivity index is 1.72. The van der Waals surface area contributed by atoms with Gasteiger partial charge in [-0.25, -0.2) is 14.3 Å². The molecule has 8 nitrogen and oxygen atoms in total. The fraction of sp³-hybridized carbons (Fsp3) is 0.345. The normalized spacial score (nSPS) is 13.1. The number of aryl methyl sites for hydroxylation is 1. The molecule has 4 aromatic rings. The van der Waals surface area contributed by atoms with Gasteiger partial charge in [0.25, 0.3) is 0 Å². The van der Waals surface area contributed by atoms with Crippen LogP contribution in [0.15, 0.2) is 54.9 Å². The van der Waals surface area contributed by atoms with Crippen molar-refractivity contribution >= 4 is 83.2 Å². The van der Waals surface area contributed by atoms with Crippen LogP contribution in [0.3, 0.4) is 0 Å². The number of para-hydroxylation sites is 1. The lowest BCUT2D eigenvalue weighted by atomic mass is 10.1. The van der Waals surface area contributed by atoms with Crippen LogP contribution < -0.4 is 15.5 Å². The Morgan fingerprint density at radius 1 is 1.05 bits per heavy atom. The zero-order chi connectivity index (χ0) is 32.4. The molecule has 0 fully saturated rings. The third-order valence-electron chi connectivity index (χ3n) is 7.08. The first-order valence-electron chi connectivity index (χ1n) is 13.4. The highest BCUT2D eigenvalue weighted by Crippen LogP contribution is 2.50. The molecule has 0 spiro atoms. The van der Waals surface area contributed by atoms with Gasteiger partial charge in [0, 0.05) is 48.6 Å². The van der Waals surface area contributed by atoms with E-state index in [0.717, 1.165) is 11.6 Å². The van der Waals surface area contributed by atoms with Crippen molar-refractivity contribution in [2.24, 2.45) is 0 Å². The van der Waals surface area contributed by atoms with Crippen molar-refractivity contribution in [3.8, 4) is 5.95 Å². The van der Waals surface area contributed by atoms with E-state index in [1.54, 1.807) is 42.1 Å². The number of aromatic nitrogens is 3. The number of alkyl halides is 5. The van der Waals surface area contributed by atoms with Crippen LogP contribution in [-0.2, 0) is 11.0 Å². The molecule has 2 aromatic heterocycles. The molecule has 4 rings (SSSR count). The Kier molecular flexibility index (Phi) is 10.4. The molecule has 238 valence electrons. The first kappa shape index (κ1) is 33.8. The maximum Gasteiger partial charge on any atom is 0.418 e. The Morgan fingerprint density at radius 2 is 1.73 bits per heavy atom. The fourth-order valence-electron chi connectivity index (χ4n) is 4.55. The van der Waals surface area contributed by atoms with E-state index >= 15 is 0 Å². The first-order chi connectivity index (χ1) is 20.6. The highest BCUT2D eigenvalue weighted by molar-refractivity contribution is 8.51. The van der Waals surface area contributed by atoms with Crippen LogP contribution in [0.2, 0.25) is 0 Å². The molecule has 1 unspecified atom stereocenters. The number of anilines is 3. The minimum absolute atomic E-state index is 0.0659. The molecule has 2 N–H and O–H groups in total. The standard InChI is InChI=1S/C29H32Cl3F3N6O2S/c1-18-6-5-7-24-25(18)38-27(40-13-10-21(17-40)36-26(42)19(2)44(3,4)32)41(24)28(43)37-20-8-9-23(22(16-20)29(33,34)35)39(14-11-30)15-12-31/h5-10,13,16-17,19H,11-12,14-15H2,1-4H3,(H,36,42)(H,37,43). The summed E-state index contributed by atoms with van der Waals surface area (Å²) in [7, 11) is 4.73. The van der Waals surface area contributed by atoms with Crippen molar-refractivity contribution in [1.82, 2.24) is 14.1 Å². The van der Waals surface area contributed by atoms with E-state index in [9.17, 15) is 22.8 Å². The number of hydrogen-bond donors (Lipinski definition) is 2. The second-order valence-corrected chi connectivity index (χ2v) is 16.8. The molecule has 0 bridgehead atoms. The molecule has 0 aliphatic heterocycles. The topological polar surface area (TPSA) is 84.2 Å². The van der Waals surface area contributed by atoms with Crippen molar-refractivity contribution in [2.45, 2.75) is 25.3 Å². The van der Waals surface area contributed by atoms with Crippen molar-refractivity contribution in [3.63, 3.8) is 0 Å². The highest BCUT2D eigenvalue weighted by Gasteiger charge is 2.35. The van der Waals surface area contributed by atoms with Gasteiger partial charge in [-0.2, -0.15) is 22.4 Å². The molecule has 0 saturated heterocycles. The SMILES string of the molecule is Cc1cccc2c1nc(-n1ccc(NC(=O)C(C)S(C)(C)Cl)c1)n2C(=O)Nc1ccc(N(CCCl)CCCl)c(C(F)(F)F)c1. The lowest BCUT2D eigenvalue weighted by molar-refractivity contribution is -0.137. The van der Waals surface area contributed by atoms with Gasteiger partial charge < -0.3 is 15.5 Å². The molecule has 15 heteroatoms. The number of carbonyl (C=O) groups is 2. The molecule has 0 aliphatic rings. The average molecular weight is 692 g/mol. The Hall–Kier alpha value is -3.06. The second-order valence-electron chi connectivity index (χ2n) is 10.4. The van der Waals surface area contributed by atoms with Crippen LogP contribution in [-0.4, -0.2) is 68.7 Å². The third-order valence-corrected chi connectivity index (χ3v) is 10.1. The number of halogens is 6. The van der Waals surface area contributed by atoms with Crippen LogP contribution in [0.25, 0.3) is 17.0 Å². The summed E-state index contributed by atoms with van der Waals surface area (Å²) in [6, 6.07) is 9.78. The molecular formula is C29H32Cl3F3N6O2S. The zero-order valence-electron chi connectivity index (χ0n) is 24.4. The second kappa shape index (κ2) is 13.5. The van der Waals surface area contributed by atoms with Gasteiger partial charge in [-0.1, -0.05) is 22.8 Å². The van der Waals surface area contributed by atoms with E-state index in [2.05, 4.69) is 15.6 Å². The number of nitrogens with zero attached hydrogens (tertiary/aromatic N) is 4. The summed E-state index contributed by atoms with van der Waals surface area (Å²) in [5.74, 6) is 0.141. The van der Waals surface area contributed by atoms with Crippen molar-refractivity contribution in [1.29, 1.82) is 0 Å². The summed E-state index contributed by atoms with van der Waals surface area (Å²) < 4.78 is 45.3. The summed E-state index contributed by atoms with van der Waals surface area (Å²) in [6.07, 6.45) is 2.17. The number of imidazole rings is 1. The number of fused-ring (bicyclic) bond motifs is 1. The monoisotopic (exact) mass is 690 g/mol. The fourth-order valence-corrected chi connectivity index (χ4v) is 5.77. The van der Waals surface area contributed by atoms with Crippen molar-refractivity contribution in [2.75, 3.05) is 52.9 Å². The summed E-state index contributed by atoms with van der Waals surface area (Å²) >= 11 is 11.7. The van der Waals surface area contributed by atoms with Crippen LogP contribution in [0.5, 0.6) is 0 Å². The van der Waals surface area contributed by atoms with Gasteiger partial charge in [0.05, 0.1) is 27.5 Å². The molecule has 2 aromatic carbocycles. The Morgan fingerprint density at radius 3 is 2.34 bits per heavy atom. The van der Waals surface area contributed by atoms with E-state index in [1.165, 1.54) is 21.6 Å². The minimum Gasteiger partial charge on any atom is -0.369 e. The summed E-state index contributed by atoms with van der Waals surface area (Å²) in [5, 5.41) is 5.01. The molecule has 2 amide bonds. The van der Waals surface area contributed by atoms with E-state index in [4.69, 9.17) is 33.9 Å². The largest absolute Gasteiger partial charge is 0.418 e. The minimum atomic E-state index is -4.71. The van der Waals surface area contributed by atoms with Crippen LogP contribution in [0.1, 0.15) is 18.1 Å². The Labute approximate surface area is 269 Å². The summed E-state index contributed by atoms with van der Waals surface area (Å²) in [5.41, 5.74) is 1.14. The van der Waals surface area contributed by atoms with Crippen LogP contribution >= 0.6 is 43.1 Å². The van der Waals surface area contributed by atoms with Gasteiger partial charge in [-0.3, -0.25) is 9.36 Å². The molecule has 0 radical (unpaired) electrons. The lowest BCUT2D eigenvalue weighted by Gasteiger charge is -2.28. The van der Waals surface area contributed by atoms with E-state index in [0.29, 0.717) is 16.7 Å². The number of benzene rings is 2. The third kappa shape index (κ3) is 7.42. The molecule has 0 aliphatic carbocycles. The van der Waals surface area contributed by atoms with Gasteiger partial charge in [0.15, 0.2) is 0 Å². The quantitative estimate of drug-likeness (QED) is 0.165. The van der Waals surface area contributed by atoms with Gasteiger partial charge in [0.2, 0.25) is 11.9 Å². The van der Waals surface area contributed by atoms with Crippen molar-refractivity contribution in [3.05, 3.63) is 66.0 Å². The van der Waals surface area contributed by atoms with Crippen molar-refractivity contribution < 1.29 is 22.8 Å². The predicted octanol–water partition coefficient (Wildman–Crippen LogP) is 8.06. The maximum absolute atomic E-state index is 14.2. The maximum atomic E-state index is 14.2. The smallest absolute Gasteiger partial charge is 0.369 e. The lowest BCUT2D eigenvalue weighted by Crippen LogP contribution is -2.30. The van der Waals surface area contributed by atoms with Crippen LogP contribution in [0.4, 0.5) is 35.0 Å². The van der Waals surface area contributed by atoms with Gasteiger partial charge in [-0.05, 0) is 62.3 Å². The summed E-state index contributed by atoms with van der Waals surface area (Å²) in [4.78, 5) is 32.6. The number of carbonyl (C=O) groups excluding carboxylic acids is 2. The van der Waals surface area contributed by atoms with E-state index < -0.39 is 32.3 Å². The zero-order valence-corrected chi connectivity index (χ0v) is 27.5. The molecular weight excluding hydrogens is 660 g/mol. The molecule has 1 atom stereocenters. The number of hydrogen-bond acceptors (Lipinski definition) is 4. The molecule has 44 heavy (non-hydrogen) atoms. The van der Waals surface area contributed by atoms with E-state index in [-0.39, 0.29) is 48.1 Å². The first-order valence-corrected chi connectivity index (χ1v) is 17.8. The van der Waals surface area contributed by atoms with Gasteiger partial charge in [-0.15, -0.1) is 23.2 Å².